The van der Waals surface area contributed by atoms with Crippen LogP contribution in [-0.2, 0) is 6.42 Å². The third kappa shape index (κ3) is 2.39. The average Bonchev–Trinajstić information content (AvgIpc) is 2.83. The first-order valence-electron chi connectivity index (χ1n) is 4.97. The third-order valence-corrected chi connectivity index (χ3v) is 3.28. The van der Waals surface area contributed by atoms with E-state index in [1.165, 1.54) is 24.2 Å². The van der Waals surface area contributed by atoms with Crippen LogP contribution in [0.4, 0.5) is 0 Å². The lowest BCUT2D eigenvalue weighted by Crippen LogP contribution is -2.04. The van der Waals surface area contributed by atoms with Gasteiger partial charge in [-0.3, -0.25) is 4.79 Å². The van der Waals surface area contributed by atoms with Gasteiger partial charge in [-0.25, -0.2) is 4.98 Å². The Kier molecular flexibility index (Phi) is 2.93. The van der Waals surface area contributed by atoms with Gasteiger partial charge < -0.3 is 5.73 Å². The zero-order valence-electron chi connectivity index (χ0n) is 8.03. The minimum atomic E-state index is 0.201. The number of ketones is 1. The van der Waals surface area contributed by atoms with Crippen LogP contribution in [-0.4, -0.2) is 17.3 Å². The standard InChI is InChI=1S/C10H14N2OS/c11-4-3-10-12-8(6-14-10)9(13)5-7-1-2-7/h6-7H,1-5,11H2. The van der Waals surface area contributed by atoms with Gasteiger partial charge in [0.05, 0.1) is 5.01 Å². The van der Waals surface area contributed by atoms with Gasteiger partial charge >= 0.3 is 0 Å². The first kappa shape index (κ1) is 9.80. The molecule has 0 atom stereocenters. The van der Waals surface area contributed by atoms with Gasteiger partial charge in [-0.05, 0) is 25.3 Å². The van der Waals surface area contributed by atoms with Crippen molar-refractivity contribution < 1.29 is 4.79 Å². The van der Waals surface area contributed by atoms with E-state index in [1.54, 1.807) is 0 Å². The Labute approximate surface area is 87.3 Å². The van der Waals surface area contributed by atoms with Crippen LogP contribution < -0.4 is 5.73 Å². The third-order valence-electron chi connectivity index (χ3n) is 2.37. The summed E-state index contributed by atoms with van der Waals surface area (Å²) in [7, 11) is 0. The molecule has 0 amide bonds. The molecular weight excluding hydrogens is 196 g/mol. The van der Waals surface area contributed by atoms with E-state index < -0.39 is 0 Å². The van der Waals surface area contributed by atoms with E-state index in [0.29, 0.717) is 24.6 Å². The van der Waals surface area contributed by atoms with E-state index in [1.807, 2.05) is 5.38 Å². The summed E-state index contributed by atoms with van der Waals surface area (Å²) in [5, 5.41) is 2.84. The number of hydrogen-bond donors (Lipinski definition) is 1. The highest BCUT2D eigenvalue weighted by Crippen LogP contribution is 2.33. The van der Waals surface area contributed by atoms with Crippen LogP contribution >= 0.6 is 11.3 Å². The Morgan fingerprint density at radius 3 is 3.07 bits per heavy atom. The van der Waals surface area contributed by atoms with Crippen LogP contribution in [0.15, 0.2) is 5.38 Å². The molecule has 1 saturated carbocycles. The summed E-state index contributed by atoms with van der Waals surface area (Å²) in [5.74, 6) is 0.842. The number of hydrogen-bond acceptors (Lipinski definition) is 4. The number of carbonyl (C=O) groups excluding carboxylic acids is 1. The molecule has 0 saturated heterocycles. The minimum absolute atomic E-state index is 0.201. The fraction of sp³-hybridized carbons (Fsp3) is 0.600. The number of carbonyl (C=O) groups is 1. The number of Topliss-reactive ketones (excluding diaryl/α,β-unsaturated/α-hetero) is 1. The smallest absolute Gasteiger partial charge is 0.182 e. The fourth-order valence-electron chi connectivity index (χ4n) is 1.37. The number of thiazole rings is 1. The molecule has 1 aromatic rings. The van der Waals surface area contributed by atoms with Crippen LogP contribution in [0.5, 0.6) is 0 Å². The molecule has 0 bridgehead atoms. The molecule has 1 heterocycles. The normalized spacial score (nSPS) is 15.8. The fourth-order valence-corrected chi connectivity index (χ4v) is 2.18. The van der Waals surface area contributed by atoms with Crippen molar-refractivity contribution in [3.05, 3.63) is 16.1 Å². The Balaban J connectivity index is 1.96. The van der Waals surface area contributed by atoms with Gasteiger partial charge in [0.15, 0.2) is 5.78 Å². The van der Waals surface area contributed by atoms with Gasteiger partial charge in [0, 0.05) is 18.2 Å². The molecule has 0 radical (unpaired) electrons. The molecule has 0 aliphatic heterocycles. The van der Waals surface area contributed by atoms with Crippen LogP contribution in [0.3, 0.4) is 0 Å². The predicted octanol–water partition coefficient (Wildman–Crippen LogP) is 1.63. The molecule has 3 nitrogen and oxygen atoms in total. The summed E-state index contributed by atoms with van der Waals surface area (Å²) in [5.41, 5.74) is 6.06. The zero-order valence-corrected chi connectivity index (χ0v) is 8.85. The Hall–Kier alpha value is -0.740. The summed E-state index contributed by atoms with van der Waals surface area (Å²) in [4.78, 5) is 15.9. The van der Waals surface area contributed by atoms with Crippen molar-refractivity contribution in [1.82, 2.24) is 4.98 Å². The largest absolute Gasteiger partial charge is 0.330 e. The maximum Gasteiger partial charge on any atom is 0.182 e. The summed E-state index contributed by atoms with van der Waals surface area (Å²) in [6.07, 6.45) is 3.89. The van der Waals surface area contributed by atoms with Gasteiger partial charge in [0.1, 0.15) is 5.69 Å². The number of nitrogens with zero attached hydrogens (tertiary/aromatic N) is 1. The van der Waals surface area contributed by atoms with Crippen molar-refractivity contribution in [3.8, 4) is 0 Å². The number of nitrogens with two attached hydrogens (primary N) is 1. The van der Waals surface area contributed by atoms with Gasteiger partial charge in [0.2, 0.25) is 0 Å². The molecule has 0 spiro atoms. The van der Waals surface area contributed by atoms with Crippen molar-refractivity contribution in [2.24, 2.45) is 11.7 Å². The van der Waals surface area contributed by atoms with Crippen molar-refractivity contribution >= 4 is 17.1 Å². The van der Waals surface area contributed by atoms with Gasteiger partial charge in [-0.2, -0.15) is 0 Å². The van der Waals surface area contributed by atoms with Crippen LogP contribution in [0, 0.1) is 5.92 Å². The monoisotopic (exact) mass is 210 g/mol. The van der Waals surface area contributed by atoms with Crippen molar-refractivity contribution in [3.63, 3.8) is 0 Å². The van der Waals surface area contributed by atoms with Crippen molar-refractivity contribution in [2.75, 3.05) is 6.54 Å². The molecule has 76 valence electrons. The molecule has 1 aromatic heterocycles. The lowest BCUT2D eigenvalue weighted by molar-refractivity contribution is 0.0972. The number of aromatic nitrogens is 1. The SMILES string of the molecule is NCCc1nc(C(=O)CC2CC2)cs1. The highest BCUT2D eigenvalue weighted by atomic mass is 32.1. The quantitative estimate of drug-likeness (QED) is 0.751. The lowest BCUT2D eigenvalue weighted by Gasteiger charge is -1.93. The van der Waals surface area contributed by atoms with Crippen LogP contribution in [0.1, 0.15) is 34.8 Å². The first-order valence-corrected chi connectivity index (χ1v) is 5.85. The Morgan fingerprint density at radius 2 is 2.43 bits per heavy atom. The highest BCUT2D eigenvalue weighted by Gasteiger charge is 2.25. The zero-order chi connectivity index (χ0) is 9.97. The minimum Gasteiger partial charge on any atom is -0.330 e. The van der Waals surface area contributed by atoms with Crippen molar-refractivity contribution in [1.29, 1.82) is 0 Å². The van der Waals surface area contributed by atoms with Gasteiger partial charge in [0.25, 0.3) is 0 Å². The number of rotatable bonds is 5. The molecule has 4 heteroatoms. The second-order valence-electron chi connectivity index (χ2n) is 3.74. The molecule has 2 N–H and O–H groups in total. The van der Waals surface area contributed by atoms with E-state index in [2.05, 4.69) is 4.98 Å². The summed E-state index contributed by atoms with van der Waals surface area (Å²) in [6, 6.07) is 0. The molecule has 1 aliphatic rings. The van der Waals surface area contributed by atoms with Gasteiger partial charge in [-0.15, -0.1) is 11.3 Å². The van der Waals surface area contributed by atoms with Crippen molar-refractivity contribution in [2.45, 2.75) is 25.7 Å². The molecule has 0 aromatic carbocycles. The highest BCUT2D eigenvalue weighted by molar-refractivity contribution is 7.09. The molecule has 2 rings (SSSR count). The maximum atomic E-state index is 11.6. The topological polar surface area (TPSA) is 56.0 Å². The molecular formula is C10H14N2OS. The van der Waals surface area contributed by atoms with Crippen LogP contribution in [0.2, 0.25) is 0 Å². The lowest BCUT2D eigenvalue weighted by atomic mass is 10.2. The van der Waals surface area contributed by atoms with E-state index in [-0.39, 0.29) is 5.78 Å². The second kappa shape index (κ2) is 4.19. The van der Waals surface area contributed by atoms with E-state index >= 15 is 0 Å². The summed E-state index contributed by atoms with van der Waals surface area (Å²) < 4.78 is 0. The molecule has 14 heavy (non-hydrogen) atoms. The molecule has 0 unspecified atom stereocenters. The summed E-state index contributed by atoms with van der Waals surface area (Å²) >= 11 is 1.54. The summed E-state index contributed by atoms with van der Waals surface area (Å²) in [6.45, 7) is 0.601. The molecule has 1 aliphatic carbocycles. The van der Waals surface area contributed by atoms with E-state index in [0.717, 1.165) is 11.4 Å². The maximum absolute atomic E-state index is 11.6. The average molecular weight is 210 g/mol. The van der Waals surface area contributed by atoms with E-state index in [9.17, 15) is 4.79 Å². The first-order chi connectivity index (χ1) is 6.79. The Bertz CT molecular complexity index is 331. The van der Waals surface area contributed by atoms with Gasteiger partial charge in [-0.1, -0.05) is 0 Å². The molecule has 1 fully saturated rings. The van der Waals surface area contributed by atoms with Crippen LogP contribution in [0.25, 0.3) is 0 Å². The predicted molar refractivity (Wildman–Crippen MR) is 56.5 cm³/mol. The van der Waals surface area contributed by atoms with E-state index in [4.69, 9.17) is 5.73 Å². The Morgan fingerprint density at radius 1 is 1.64 bits per heavy atom. The second-order valence-corrected chi connectivity index (χ2v) is 4.68.